The van der Waals surface area contributed by atoms with E-state index in [2.05, 4.69) is 78.2 Å². The van der Waals surface area contributed by atoms with E-state index >= 15 is 0 Å². The van der Waals surface area contributed by atoms with Crippen molar-refractivity contribution in [2.75, 3.05) is 6.54 Å². The lowest BCUT2D eigenvalue weighted by Gasteiger charge is -2.16. The number of rotatable bonds is 5. The highest BCUT2D eigenvalue weighted by Crippen LogP contribution is 2.40. The number of thiophene rings is 2. The van der Waals surface area contributed by atoms with Crippen LogP contribution in [0.5, 0.6) is 0 Å². The average Bonchev–Trinajstić information content (AvgIpc) is 2.87. The van der Waals surface area contributed by atoms with Gasteiger partial charge in [0.15, 0.2) is 0 Å². The molecule has 1 unspecified atom stereocenters. The van der Waals surface area contributed by atoms with E-state index in [1.807, 2.05) is 0 Å². The highest BCUT2D eigenvalue weighted by atomic mass is 79.9. The molecule has 2 aromatic rings. The monoisotopic (exact) mass is 471 g/mol. The van der Waals surface area contributed by atoms with Gasteiger partial charge in [0.05, 0.1) is 17.4 Å². The molecule has 0 aliphatic rings. The minimum Gasteiger partial charge on any atom is -0.306 e. The maximum Gasteiger partial charge on any atom is 0.0762 e. The van der Waals surface area contributed by atoms with Gasteiger partial charge in [0.25, 0.3) is 0 Å². The molecule has 0 amide bonds. The minimum atomic E-state index is 0.262. The SMILES string of the molecule is CCCNC(c1ccc(Br)s1)c1cc(Br)sc1Br. The molecule has 2 heterocycles. The topological polar surface area (TPSA) is 12.0 Å². The molecule has 18 heavy (non-hydrogen) atoms. The predicted octanol–water partition coefficient (Wildman–Crippen LogP) is 6.19. The van der Waals surface area contributed by atoms with Crippen molar-refractivity contribution in [1.82, 2.24) is 5.32 Å². The zero-order chi connectivity index (χ0) is 13.1. The van der Waals surface area contributed by atoms with Crippen LogP contribution in [-0.2, 0) is 0 Å². The van der Waals surface area contributed by atoms with Crippen molar-refractivity contribution in [3.8, 4) is 0 Å². The van der Waals surface area contributed by atoms with E-state index in [1.165, 1.54) is 18.0 Å². The smallest absolute Gasteiger partial charge is 0.0762 e. The molecule has 1 atom stereocenters. The Kier molecular flexibility index (Phi) is 5.90. The summed E-state index contributed by atoms with van der Waals surface area (Å²) >= 11 is 14.2. The maximum absolute atomic E-state index is 3.66. The van der Waals surface area contributed by atoms with Crippen molar-refractivity contribution >= 4 is 70.5 Å². The summed E-state index contributed by atoms with van der Waals surface area (Å²) in [5.41, 5.74) is 1.30. The van der Waals surface area contributed by atoms with Crippen molar-refractivity contribution in [2.24, 2.45) is 0 Å². The van der Waals surface area contributed by atoms with Gasteiger partial charge < -0.3 is 5.32 Å². The largest absolute Gasteiger partial charge is 0.306 e. The molecule has 0 saturated carbocycles. The first kappa shape index (κ1) is 15.2. The molecule has 1 nitrogen and oxygen atoms in total. The normalized spacial score (nSPS) is 12.9. The second-order valence-electron chi connectivity index (χ2n) is 3.81. The van der Waals surface area contributed by atoms with E-state index in [1.54, 1.807) is 22.7 Å². The Hall–Kier alpha value is 0.800. The van der Waals surface area contributed by atoms with Crippen molar-refractivity contribution < 1.29 is 0 Å². The Morgan fingerprint density at radius 2 is 1.94 bits per heavy atom. The summed E-state index contributed by atoms with van der Waals surface area (Å²) in [7, 11) is 0. The summed E-state index contributed by atoms with van der Waals surface area (Å²) in [5.74, 6) is 0. The Balaban J connectivity index is 2.33. The van der Waals surface area contributed by atoms with E-state index in [-0.39, 0.29) is 6.04 Å². The fourth-order valence-corrected chi connectivity index (χ4v) is 6.11. The number of hydrogen-bond acceptors (Lipinski definition) is 3. The summed E-state index contributed by atoms with van der Waals surface area (Å²) < 4.78 is 3.52. The minimum absolute atomic E-state index is 0.262. The van der Waals surface area contributed by atoms with Crippen LogP contribution in [0.3, 0.4) is 0 Å². The van der Waals surface area contributed by atoms with Gasteiger partial charge in [0, 0.05) is 10.4 Å². The van der Waals surface area contributed by atoms with Crippen LogP contribution >= 0.6 is 70.5 Å². The maximum atomic E-state index is 3.66. The first-order valence-electron chi connectivity index (χ1n) is 5.55. The lowest BCUT2D eigenvalue weighted by molar-refractivity contribution is 0.606. The average molecular weight is 474 g/mol. The Morgan fingerprint density at radius 1 is 1.17 bits per heavy atom. The molecular weight excluding hydrogens is 462 g/mol. The van der Waals surface area contributed by atoms with Gasteiger partial charge in [-0.2, -0.15) is 0 Å². The van der Waals surface area contributed by atoms with Crippen molar-refractivity contribution in [3.63, 3.8) is 0 Å². The molecule has 98 valence electrons. The number of nitrogens with one attached hydrogen (secondary N) is 1. The molecule has 2 aromatic heterocycles. The lowest BCUT2D eigenvalue weighted by atomic mass is 10.1. The fourth-order valence-electron chi connectivity index (χ4n) is 1.69. The fraction of sp³-hybridized carbons (Fsp3) is 0.333. The van der Waals surface area contributed by atoms with E-state index in [9.17, 15) is 0 Å². The first-order chi connectivity index (χ1) is 8.61. The molecule has 1 N–H and O–H groups in total. The third-order valence-electron chi connectivity index (χ3n) is 2.47. The van der Waals surface area contributed by atoms with Crippen LogP contribution in [0, 0.1) is 0 Å². The van der Waals surface area contributed by atoms with Crippen LogP contribution in [0.1, 0.15) is 29.8 Å². The number of halogens is 3. The zero-order valence-electron chi connectivity index (χ0n) is 9.67. The lowest BCUT2D eigenvalue weighted by Crippen LogP contribution is -2.22. The van der Waals surface area contributed by atoms with Crippen LogP contribution in [0.4, 0.5) is 0 Å². The summed E-state index contributed by atoms with van der Waals surface area (Å²) in [6.07, 6.45) is 1.13. The van der Waals surface area contributed by atoms with Gasteiger partial charge in [-0.1, -0.05) is 6.92 Å². The molecule has 0 aliphatic heterocycles. The van der Waals surface area contributed by atoms with E-state index in [4.69, 9.17) is 0 Å². The van der Waals surface area contributed by atoms with Crippen molar-refractivity contribution in [1.29, 1.82) is 0 Å². The quantitative estimate of drug-likeness (QED) is 0.546. The molecule has 6 heteroatoms. The van der Waals surface area contributed by atoms with Crippen molar-refractivity contribution in [2.45, 2.75) is 19.4 Å². The Morgan fingerprint density at radius 3 is 2.44 bits per heavy atom. The highest BCUT2D eigenvalue weighted by Gasteiger charge is 2.20. The summed E-state index contributed by atoms with van der Waals surface area (Å²) in [5, 5.41) is 3.61. The molecule has 0 spiro atoms. The van der Waals surface area contributed by atoms with Crippen LogP contribution in [0.2, 0.25) is 0 Å². The van der Waals surface area contributed by atoms with Crippen LogP contribution in [0.15, 0.2) is 29.6 Å². The van der Waals surface area contributed by atoms with Crippen LogP contribution < -0.4 is 5.32 Å². The molecule has 0 saturated heterocycles. The third kappa shape index (κ3) is 3.67. The van der Waals surface area contributed by atoms with Gasteiger partial charge >= 0.3 is 0 Å². The third-order valence-corrected chi connectivity index (χ3v) is 6.55. The predicted molar refractivity (Wildman–Crippen MR) is 91.9 cm³/mol. The summed E-state index contributed by atoms with van der Waals surface area (Å²) in [6, 6.07) is 6.74. The van der Waals surface area contributed by atoms with Gasteiger partial charge in [-0.25, -0.2) is 0 Å². The second-order valence-corrected chi connectivity index (χ2v) is 10.1. The zero-order valence-corrected chi connectivity index (χ0v) is 16.1. The van der Waals surface area contributed by atoms with Gasteiger partial charge in [0.1, 0.15) is 0 Å². The van der Waals surface area contributed by atoms with Crippen LogP contribution in [-0.4, -0.2) is 6.54 Å². The van der Waals surface area contributed by atoms with Gasteiger partial charge in [-0.05, 0) is 79.0 Å². The van der Waals surface area contributed by atoms with Gasteiger partial charge in [0.2, 0.25) is 0 Å². The van der Waals surface area contributed by atoms with E-state index < -0.39 is 0 Å². The Labute approximate surface area is 140 Å². The molecule has 0 fully saturated rings. The van der Waals surface area contributed by atoms with Crippen molar-refractivity contribution in [3.05, 3.63) is 40.0 Å². The molecular formula is C12H12Br3NS2. The molecule has 0 bridgehead atoms. The standard InChI is InChI=1S/C12H12Br3NS2/c1-2-5-16-11(8-3-4-9(13)17-8)7-6-10(14)18-12(7)15/h3-4,6,11,16H,2,5H2,1H3. The highest BCUT2D eigenvalue weighted by molar-refractivity contribution is 9.12. The molecule has 0 aliphatic carbocycles. The summed E-state index contributed by atoms with van der Waals surface area (Å²) in [6.45, 7) is 3.20. The van der Waals surface area contributed by atoms with Gasteiger partial charge in [-0.3, -0.25) is 0 Å². The van der Waals surface area contributed by atoms with E-state index in [0.717, 1.165) is 16.8 Å². The first-order valence-corrected chi connectivity index (χ1v) is 9.56. The van der Waals surface area contributed by atoms with E-state index in [0.29, 0.717) is 0 Å². The Bertz CT molecular complexity index is 521. The van der Waals surface area contributed by atoms with Gasteiger partial charge in [-0.15, -0.1) is 22.7 Å². The number of hydrogen-bond donors (Lipinski definition) is 1. The molecule has 0 radical (unpaired) electrons. The second kappa shape index (κ2) is 6.99. The van der Waals surface area contributed by atoms with Crippen LogP contribution in [0.25, 0.3) is 0 Å². The molecule has 2 rings (SSSR count). The summed E-state index contributed by atoms with van der Waals surface area (Å²) in [4.78, 5) is 1.33. The molecule has 0 aromatic carbocycles.